The maximum Gasteiger partial charge on any atom is 0.275 e. The molecular weight excluding hydrogens is 778 g/mol. The highest BCUT2D eigenvalue weighted by atomic mass is 127. The number of hydrogen-bond donors (Lipinski definition) is 3. The third kappa shape index (κ3) is 12.6. The Balaban J connectivity index is 0.000000415. The average molecular weight is 809 g/mol. The number of halogens is 2. The maximum atomic E-state index is 12.0. The normalized spacial score (nSPS) is 12.9. The smallest absolute Gasteiger partial charge is 0.275 e. The van der Waals surface area contributed by atoms with Gasteiger partial charge in [-0.3, -0.25) is 14.6 Å². The van der Waals surface area contributed by atoms with E-state index in [2.05, 4.69) is 24.6 Å². The zero-order valence-electron chi connectivity index (χ0n) is 20.9. The second kappa shape index (κ2) is 15.4. The summed E-state index contributed by atoms with van der Waals surface area (Å²) in [6.45, 7) is 7.35. The zero-order valence-corrected chi connectivity index (χ0v) is 27.9. The second-order valence-corrected chi connectivity index (χ2v) is 20.8. The molecule has 16 heteroatoms. The lowest BCUT2D eigenvalue weighted by atomic mass is 10.4. The first-order chi connectivity index (χ1) is 17.5. The molecule has 0 saturated carbocycles. The van der Waals surface area contributed by atoms with Crippen LogP contribution < -0.4 is 16.2 Å². The third-order valence-corrected chi connectivity index (χ3v) is 10.7. The van der Waals surface area contributed by atoms with Crippen molar-refractivity contribution in [2.75, 3.05) is 13.3 Å². The summed E-state index contributed by atoms with van der Waals surface area (Å²) >= 11 is 3.97. The summed E-state index contributed by atoms with van der Waals surface area (Å²) in [5.74, 6) is -1.86. The van der Waals surface area contributed by atoms with Gasteiger partial charge in [-0.25, -0.2) is 21.6 Å². The van der Waals surface area contributed by atoms with Gasteiger partial charge in [0.2, 0.25) is 15.7 Å². The first-order valence-corrected chi connectivity index (χ1v) is 19.8. The first-order valence-electron chi connectivity index (χ1n) is 10.9. The fourth-order valence-electron chi connectivity index (χ4n) is 2.41. The Morgan fingerprint density at radius 3 is 2.05 bits per heavy atom. The summed E-state index contributed by atoms with van der Waals surface area (Å²) in [5, 5.41) is -1.70. The quantitative estimate of drug-likeness (QED) is 0.134. The molecular formula is C22H30I2N4O7S2Si. The van der Waals surface area contributed by atoms with Crippen LogP contribution in [0.25, 0.3) is 0 Å². The summed E-state index contributed by atoms with van der Waals surface area (Å²) in [7, 11) is -8.89. The Morgan fingerprint density at radius 2 is 1.55 bits per heavy atom. The third-order valence-electron chi connectivity index (χ3n) is 4.45. The molecule has 5 N–H and O–H groups in total. The molecule has 210 valence electrons. The Labute approximate surface area is 251 Å². The molecule has 0 fully saturated rings. The number of nitrogens with one attached hydrogen (secondary N) is 1. The van der Waals surface area contributed by atoms with Gasteiger partial charge >= 0.3 is 0 Å². The van der Waals surface area contributed by atoms with E-state index in [-0.39, 0.29) is 16.5 Å². The lowest BCUT2D eigenvalue weighted by molar-refractivity contribution is -0.117. The van der Waals surface area contributed by atoms with Crippen molar-refractivity contribution in [3.8, 4) is 0 Å². The highest BCUT2D eigenvalue weighted by Gasteiger charge is 2.28. The van der Waals surface area contributed by atoms with E-state index in [1.807, 2.05) is 49.9 Å². The van der Waals surface area contributed by atoms with Crippen LogP contribution in [0.15, 0.2) is 63.3 Å². The minimum absolute atomic E-state index is 0.000648. The minimum Gasteiger partial charge on any atom is -0.367 e. The summed E-state index contributed by atoms with van der Waals surface area (Å²) in [6, 6.07) is 13.4. The minimum atomic E-state index is -3.88. The highest BCUT2D eigenvalue weighted by Crippen LogP contribution is 2.16. The van der Waals surface area contributed by atoms with Crippen LogP contribution >= 0.6 is 45.2 Å². The number of amides is 2. The zero-order chi connectivity index (χ0) is 29.1. The van der Waals surface area contributed by atoms with Gasteiger partial charge in [0.15, 0.2) is 5.37 Å². The van der Waals surface area contributed by atoms with E-state index >= 15 is 0 Å². The molecule has 0 heterocycles. The van der Waals surface area contributed by atoms with E-state index in [0.717, 1.165) is 19.4 Å². The fourth-order valence-corrected chi connectivity index (χ4v) is 6.81. The van der Waals surface area contributed by atoms with Gasteiger partial charge in [-0.15, -0.1) is 0 Å². The molecule has 2 aromatic rings. The lowest BCUT2D eigenvalue weighted by Gasteiger charge is -2.14. The molecule has 0 aromatic heterocycles. The Morgan fingerprint density at radius 1 is 1.03 bits per heavy atom. The van der Waals surface area contributed by atoms with Crippen LogP contribution in [0, 0.1) is 7.14 Å². The van der Waals surface area contributed by atoms with Gasteiger partial charge in [-0.2, -0.15) is 0 Å². The van der Waals surface area contributed by atoms with Crippen LogP contribution in [0.5, 0.6) is 0 Å². The van der Waals surface area contributed by atoms with Crippen molar-refractivity contribution in [2.24, 2.45) is 16.5 Å². The molecule has 11 nitrogen and oxygen atoms in total. The van der Waals surface area contributed by atoms with E-state index in [0.29, 0.717) is 6.61 Å². The van der Waals surface area contributed by atoms with Crippen molar-refractivity contribution in [2.45, 2.75) is 40.8 Å². The number of carbonyl (C=O) groups is 2. The van der Waals surface area contributed by atoms with Gasteiger partial charge in [0.05, 0.1) is 16.0 Å². The van der Waals surface area contributed by atoms with Crippen LogP contribution in [0.3, 0.4) is 0 Å². The van der Waals surface area contributed by atoms with Gasteiger partial charge < -0.3 is 16.2 Å². The number of benzene rings is 2. The summed E-state index contributed by atoms with van der Waals surface area (Å²) in [6.07, 6.45) is 0.931. The van der Waals surface area contributed by atoms with Crippen LogP contribution in [0.2, 0.25) is 25.7 Å². The van der Waals surface area contributed by atoms with E-state index in [1.165, 1.54) is 24.3 Å². The van der Waals surface area contributed by atoms with Crippen LogP contribution in [-0.4, -0.2) is 61.6 Å². The largest absolute Gasteiger partial charge is 0.367 e. The first kappa shape index (κ1) is 34.6. The lowest BCUT2D eigenvalue weighted by Crippen LogP contribution is -2.43. The SMILES string of the molecule is C[Si](C)(C)CCOCN=CC(=O)NS(=O)(=O)c1cccc(I)c1.NC(=O)C(N)S(=O)(=O)c1cccc(I)c1. The van der Waals surface area contributed by atoms with Crippen molar-refractivity contribution in [1.29, 1.82) is 0 Å². The highest BCUT2D eigenvalue weighted by molar-refractivity contribution is 14.1. The van der Waals surface area contributed by atoms with E-state index < -0.39 is 45.1 Å². The number of nitrogens with two attached hydrogens (primary N) is 2. The number of rotatable bonds is 11. The van der Waals surface area contributed by atoms with Crippen molar-refractivity contribution < 1.29 is 31.2 Å². The number of sulfone groups is 1. The molecule has 2 rings (SSSR count). The standard InChI is InChI=1S/C14H21IN2O4SSi.C8H9IN2O3S/c1-23(2,3)8-7-21-11-16-10-14(18)17-22(19,20)13-6-4-5-12(15)9-13;9-5-2-1-3-6(4-5)15(13,14)8(11)7(10)12/h4-6,9-10H,7-8,11H2,1-3H3,(H,17,18);1-4,8H,11H2,(H2,10,12). The molecule has 1 atom stereocenters. The average Bonchev–Trinajstić information content (AvgIpc) is 2.80. The molecule has 0 radical (unpaired) electrons. The van der Waals surface area contributed by atoms with Gasteiger partial charge in [0.25, 0.3) is 15.9 Å². The maximum absolute atomic E-state index is 12.0. The monoisotopic (exact) mass is 808 g/mol. The van der Waals surface area contributed by atoms with E-state index in [4.69, 9.17) is 16.2 Å². The Bertz CT molecular complexity index is 1370. The number of primary amides is 1. The van der Waals surface area contributed by atoms with Crippen molar-refractivity contribution in [1.82, 2.24) is 4.72 Å². The predicted octanol–water partition coefficient (Wildman–Crippen LogP) is 2.31. The van der Waals surface area contributed by atoms with Crippen molar-refractivity contribution in [3.05, 3.63) is 55.7 Å². The molecule has 2 aromatic carbocycles. The second-order valence-electron chi connectivity index (χ2n) is 8.91. The van der Waals surface area contributed by atoms with Crippen molar-refractivity contribution in [3.63, 3.8) is 0 Å². The topological polar surface area (TPSA) is 188 Å². The molecule has 38 heavy (non-hydrogen) atoms. The molecule has 0 aliphatic rings. The summed E-state index contributed by atoms with van der Waals surface area (Å²) in [4.78, 5) is 26.2. The Hall–Kier alpha value is -1.45. The molecule has 0 aliphatic heterocycles. The number of nitrogens with zero attached hydrogens (tertiary/aromatic N) is 1. The van der Waals surface area contributed by atoms with E-state index in [9.17, 15) is 26.4 Å². The van der Waals surface area contributed by atoms with Gasteiger partial charge in [-0.05, 0) is 87.6 Å². The van der Waals surface area contributed by atoms with Crippen LogP contribution in [0.4, 0.5) is 0 Å². The van der Waals surface area contributed by atoms with Gasteiger partial charge in [0.1, 0.15) is 6.73 Å². The molecule has 0 spiro atoms. The number of hydrogen-bond acceptors (Lipinski definition) is 9. The number of ether oxygens (including phenoxy) is 1. The van der Waals surface area contributed by atoms with E-state index in [1.54, 1.807) is 24.3 Å². The van der Waals surface area contributed by atoms with Gasteiger partial charge in [-0.1, -0.05) is 31.8 Å². The number of sulfonamides is 1. The molecule has 0 aliphatic carbocycles. The number of aliphatic imine (C=N–C) groups is 1. The molecule has 2 amide bonds. The summed E-state index contributed by atoms with van der Waals surface area (Å²) in [5.41, 5.74) is 10.1. The molecule has 1 unspecified atom stereocenters. The summed E-state index contributed by atoms with van der Waals surface area (Å²) < 4.78 is 56.2. The van der Waals surface area contributed by atoms with Gasteiger partial charge in [0, 0.05) is 21.8 Å². The molecule has 0 saturated heterocycles. The number of carbonyl (C=O) groups excluding carboxylic acids is 2. The van der Waals surface area contributed by atoms with Crippen LogP contribution in [0.1, 0.15) is 0 Å². The van der Waals surface area contributed by atoms with Crippen LogP contribution in [-0.2, 0) is 34.2 Å². The predicted molar refractivity (Wildman–Crippen MR) is 165 cm³/mol. The molecule has 0 bridgehead atoms. The Kier molecular flexibility index (Phi) is 14.0. The fraction of sp³-hybridized carbons (Fsp3) is 0.318. The van der Waals surface area contributed by atoms with Crippen molar-refractivity contribution >= 4 is 91.1 Å².